The SMILES string of the molecule is COC1CCN(c2ccc(C(=O)NCc3cccnc3-c3ccncc3)cc2)CC1. The van der Waals surface area contributed by atoms with Crippen molar-refractivity contribution in [3.05, 3.63) is 78.2 Å². The van der Waals surface area contributed by atoms with Crippen molar-refractivity contribution >= 4 is 11.6 Å². The van der Waals surface area contributed by atoms with E-state index in [1.165, 1.54) is 0 Å². The van der Waals surface area contributed by atoms with E-state index in [1.807, 2.05) is 48.5 Å². The lowest BCUT2D eigenvalue weighted by molar-refractivity contribution is 0.0819. The summed E-state index contributed by atoms with van der Waals surface area (Å²) in [6.07, 6.45) is 7.66. The molecule has 3 heterocycles. The third-order valence-corrected chi connectivity index (χ3v) is 5.55. The molecule has 0 unspecified atom stereocenters. The fourth-order valence-electron chi connectivity index (χ4n) is 3.80. The summed E-state index contributed by atoms with van der Waals surface area (Å²) in [6.45, 7) is 2.36. The van der Waals surface area contributed by atoms with Crippen molar-refractivity contribution in [2.24, 2.45) is 0 Å². The molecule has 4 rings (SSSR count). The Kier molecular flexibility index (Phi) is 6.35. The van der Waals surface area contributed by atoms with E-state index in [-0.39, 0.29) is 5.91 Å². The maximum Gasteiger partial charge on any atom is 0.251 e. The summed E-state index contributed by atoms with van der Waals surface area (Å²) in [7, 11) is 1.78. The highest BCUT2D eigenvalue weighted by molar-refractivity contribution is 5.94. The molecule has 0 saturated carbocycles. The third-order valence-electron chi connectivity index (χ3n) is 5.55. The molecule has 0 radical (unpaired) electrons. The van der Waals surface area contributed by atoms with Crippen LogP contribution in [-0.2, 0) is 11.3 Å². The number of amides is 1. The minimum Gasteiger partial charge on any atom is -0.381 e. The molecular formula is C24H26N4O2. The van der Waals surface area contributed by atoms with Gasteiger partial charge in [-0.15, -0.1) is 0 Å². The van der Waals surface area contributed by atoms with E-state index < -0.39 is 0 Å². The number of rotatable bonds is 6. The average Bonchev–Trinajstić information content (AvgIpc) is 2.83. The lowest BCUT2D eigenvalue weighted by atomic mass is 10.1. The largest absolute Gasteiger partial charge is 0.381 e. The van der Waals surface area contributed by atoms with Crippen LogP contribution in [0, 0.1) is 0 Å². The van der Waals surface area contributed by atoms with Gasteiger partial charge in [-0.1, -0.05) is 6.07 Å². The fraction of sp³-hybridized carbons (Fsp3) is 0.292. The van der Waals surface area contributed by atoms with Crippen LogP contribution in [0.2, 0.25) is 0 Å². The molecular weight excluding hydrogens is 376 g/mol. The maximum atomic E-state index is 12.7. The van der Waals surface area contributed by atoms with Gasteiger partial charge in [-0.3, -0.25) is 14.8 Å². The zero-order valence-corrected chi connectivity index (χ0v) is 17.1. The number of carbonyl (C=O) groups excluding carboxylic acids is 1. The first-order chi connectivity index (χ1) is 14.7. The molecule has 154 valence electrons. The number of aromatic nitrogens is 2. The zero-order valence-electron chi connectivity index (χ0n) is 17.1. The summed E-state index contributed by atoms with van der Waals surface area (Å²) in [5.74, 6) is -0.0934. The number of carbonyl (C=O) groups is 1. The van der Waals surface area contributed by atoms with E-state index in [0.717, 1.165) is 48.4 Å². The average molecular weight is 402 g/mol. The Morgan fingerprint density at radius 2 is 1.80 bits per heavy atom. The molecule has 1 aliphatic rings. The van der Waals surface area contributed by atoms with Gasteiger partial charge in [-0.25, -0.2) is 0 Å². The van der Waals surface area contributed by atoms with Gasteiger partial charge >= 0.3 is 0 Å². The summed E-state index contributed by atoms with van der Waals surface area (Å²) >= 11 is 0. The number of hydrogen-bond donors (Lipinski definition) is 1. The first kappa shape index (κ1) is 20.0. The van der Waals surface area contributed by atoms with E-state index in [4.69, 9.17) is 4.74 Å². The van der Waals surface area contributed by atoms with E-state index in [0.29, 0.717) is 18.2 Å². The first-order valence-corrected chi connectivity index (χ1v) is 10.2. The molecule has 0 bridgehead atoms. The number of anilines is 1. The number of pyridine rings is 2. The normalized spacial score (nSPS) is 14.5. The predicted molar refractivity (Wildman–Crippen MR) is 117 cm³/mol. The van der Waals surface area contributed by atoms with Crippen molar-refractivity contribution in [3.63, 3.8) is 0 Å². The number of ether oxygens (including phenoxy) is 1. The molecule has 0 spiro atoms. The van der Waals surface area contributed by atoms with Gasteiger partial charge in [0.2, 0.25) is 0 Å². The highest BCUT2D eigenvalue weighted by atomic mass is 16.5. The molecule has 0 atom stereocenters. The van der Waals surface area contributed by atoms with Crippen LogP contribution in [0.5, 0.6) is 0 Å². The molecule has 3 aromatic rings. The molecule has 1 amide bonds. The lowest BCUT2D eigenvalue weighted by Crippen LogP contribution is -2.36. The molecule has 6 heteroatoms. The summed E-state index contributed by atoms with van der Waals surface area (Å²) in [5, 5.41) is 3.01. The highest BCUT2D eigenvalue weighted by Crippen LogP contribution is 2.22. The molecule has 1 aliphatic heterocycles. The van der Waals surface area contributed by atoms with E-state index in [1.54, 1.807) is 25.7 Å². The van der Waals surface area contributed by atoms with Gasteiger partial charge in [-0.05, 0) is 60.9 Å². The minimum atomic E-state index is -0.0934. The second-order valence-corrected chi connectivity index (χ2v) is 7.40. The summed E-state index contributed by atoms with van der Waals surface area (Å²) < 4.78 is 5.44. The molecule has 1 saturated heterocycles. The molecule has 6 nitrogen and oxygen atoms in total. The highest BCUT2D eigenvalue weighted by Gasteiger charge is 2.19. The zero-order chi connectivity index (χ0) is 20.8. The van der Waals surface area contributed by atoms with Crippen molar-refractivity contribution in [2.45, 2.75) is 25.5 Å². The predicted octanol–water partition coefficient (Wildman–Crippen LogP) is 3.69. The second-order valence-electron chi connectivity index (χ2n) is 7.40. The number of nitrogens with one attached hydrogen (secondary N) is 1. The van der Waals surface area contributed by atoms with Gasteiger partial charge < -0.3 is 15.0 Å². The van der Waals surface area contributed by atoms with E-state index in [9.17, 15) is 4.79 Å². The molecule has 1 fully saturated rings. The van der Waals surface area contributed by atoms with Crippen molar-refractivity contribution in [2.75, 3.05) is 25.1 Å². The number of benzene rings is 1. The summed E-state index contributed by atoms with van der Waals surface area (Å²) in [6, 6.07) is 15.5. The van der Waals surface area contributed by atoms with Crippen molar-refractivity contribution in [3.8, 4) is 11.3 Å². The Morgan fingerprint density at radius 3 is 2.50 bits per heavy atom. The number of hydrogen-bond acceptors (Lipinski definition) is 5. The van der Waals surface area contributed by atoms with Crippen LogP contribution >= 0.6 is 0 Å². The van der Waals surface area contributed by atoms with Gasteiger partial charge in [0.05, 0.1) is 11.8 Å². The van der Waals surface area contributed by atoms with Crippen LogP contribution in [0.25, 0.3) is 11.3 Å². The molecule has 30 heavy (non-hydrogen) atoms. The Labute approximate surface area is 176 Å². The van der Waals surface area contributed by atoms with Crippen LogP contribution in [0.4, 0.5) is 5.69 Å². The number of methoxy groups -OCH3 is 1. The van der Waals surface area contributed by atoms with Crippen molar-refractivity contribution in [1.29, 1.82) is 0 Å². The lowest BCUT2D eigenvalue weighted by Gasteiger charge is -2.33. The van der Waals surface area contributed by atoms with Gasteiger partial charge in [0.15, 0.2) is 0 Å². The standard InChI is InChI=1S/C24H26N4O2/c1-30-22-10-15-28(16-11-22)21-6-4-19(5-7-21)24(29)27-17-20-3-2-12-26-23(20)18-8-13-25-14-9-18/h2-9,12-14,22H,10-11,15-17H2,1H3,(H,27,29). The Morgan fingerprint density at radius 1 is 1.07 bits per heavy atom. The van der Waals surface area contributed by atoms with Crippen LogP contribution < -0.4 is 10.2 Å². The van der Waals surface area contributed by atoms with Gasteiger partial charge in [-0.2, -0.15) is 0 Å². The second kappa shape index (κ2) is 9.50. The van der Waals surface area contributed by atoms with Gasteiger partial charge in [0.1, 0.15) is 0 Å². The van der Waals surface area contributed by atoms with Crippen molar-refractivity contribution < 1.29 is 9.53 Å². The van der Waals surface area contributed by atoms with E-state index >= 15 is 0 Å². The van der Waals surface area contributed by atoms with E-state index in [2.05, 4.69) is 20.2 Å². The molecule has 1 aromatic carbocycles. The van der Waals surface area contributed by atoms with Crippen LogP contribution in [-0.4, -0.2) is 42.2 Å². The Balaban J connectivity index is 1.38. The maximum absolute atomic E-state index is 12.7. The fourth-order valence-corrected chi connectivity index (χ4v) is 3.80. The monoisotopic (exact) mass is 402 g/mol. The first-order valence-electron chi connectivity index (χ1n) is 10.2. The van der Waals surface area contributed by atoms with Crippen LogP contribution in [0.3, 0.4) is 0 Å². The van der Waals surface area contributed by atoms with Gasteiger partial charge in [0, 0.05) is 62.1 Å². The van der Waals surface area contributed by atoms with Crippen molar-refractivity contribution in [1.82, 2.24) is 15.3 Å². The topological polar surface area (TPSA) is 67.3 Å². The molecule has 0 aliphatic carbocycles. The minimum absolute atomic E-state index is 0.0934. The Bertz CT molecular complexity index is 968. The third kappa shape index (κ3) is 4.66. The Hall–Kier alpha value is -3.25. The number of nitrogens with zero attached hydrogens (tertiary/aromatic N) is 3. The van der Waals surface area contributed by atoms with Crippen LogP contribution in [0.15, 0.2) is 67.1 Å². The van der Waals surface area contributed by atoms with Gasteiger partial charge in [0.25, 0.3) is 5.91 Å². The smallest absolute Gasteiger partial charge is 0.251 e. The molecule has 1 N–H and O–H groups in total. The van der Waals surface area contributed by atoms with Crippen LogP contribution in [0.1, 0.15) is 28.8 Å². The summed E-state index contributed by atoms with van der Waals surface area (Å²) in [5.41, 5.74) is 4.61. The quantitative estimate of drug-likeness (QED) is 0.681. The number of piperidine rings is 1. The summed E-state index contributed by atoms with van der Waals surface area (Å²) in [4.78, 5) is 23.5. The molecule has 2 aromatic heterocycles.